The van der Waals surface area contributed by atoms with E-state index in [-0.39, 0.29) is 0 Å². The molecule has 0 heterocycles. The van der Waals surface area contributed by atoms with Gasteiger partial charge in [0.25, 0.3) is 0 Å². The first-order chi connectivity index (χ1) is 6.83. The Kier molecular flexibility index (Phi) is 3.70. The van der Waals surface area contributed by atoms with E-state index in [1.807, 2.05) is 0 Å². The van der Waals surface area contributed by atoms with Crippen LogP contribution >= 0.6 is 0 Å². The molecule has 0 bridgehead atoms. The van der Waals surface area contributed by atoms with Crippen molar-refractivity contribution in [3.8, 4) is 0 Å². The third-order valence-electron chi connectivity index (χ3n) is 4.96. The highest BCUT2D eigenvalue weighted by Crippen LogP contribution is 2.50. The van der Waals surface area contributed by atoms with Crippen molar-refractivity contribution in [3.63, 3.8) is 0 Å². The molecule has 0 amide bonds. The predicted octanol–water partition coefficient (Wildman–Crippen LogP) is 3.45. The second-order valence-corrected chi connectivity index (χ2v) is 7.17. The van der Waals surface area contributed by atoms with Crippen molar-refractivity contribution in [3.05, 3.63) is 0 Å². The van der Waals surface area contributed by atoms with Gasteiger partial charge in [-0.1, -0.05) is 51.4 Å². The molecule has 2 fully saturated rings. The Morgan fingerprint density at radius 2 is 1.21 bits per heavy atom. The molecule has 1 heteroatoms. The van der Waals surface area contributed by atoms with Gasteiger partial charge < -0.3 is 0 Å². The lowest BCUT2D eigenvalue weighted by Crippen LogP contribution is -2.25. The van der Waals surface area contributed by atoms with Gasteiger partial charge in [0.15, 0.2) is 0 Å². The SMILES string of the molecule is [SiH3]C1CCCCCC12CCCCCC2. The van der Waals surface area contributed by atoms with Gasteiger partial charge in [-0.15, -0.1) is 0 Å². The Morgan fingerprint density at radius 3 is 1.79 bits per heavy atom. The molecule has 0 N–H and O–H groups in total. The molecular formula is C13H26Si. The Bertz CT molecular complexity index is 160. The van der Waals surface area contributed by atoms with Gasteiger partial charge >= 0.3 is 0 Å². The van der Waals surface area contributed by atoms with Crippen LogP contribution in [-0.2, 0) is 0 Å². The van der Waals surface area contributed by atoms with Gasteiger partial charge in [0, 0.05) is 10.2 Å². The zero-order valence-corrected chi connectivity index (χ0v) is 11.9. The lowest BCUT2D eigenvalue weighted by atomic mass is 9.73. The number of rotatable bonds is 0. The minimum absolute atomic E-state index is 0.846. The zero-order valence-electron chi connectivity index (χ0n) is 9.86. The molecule has 0 nitrogen and oxygen atoms in total. The summed E-state index contributed by atoms with van der Waals surface area (Å²) in [6, 6.07) is 0. The zero-order chi connectivity index (χ0) is 9.86. The summed E-state index contributed by atoms with van der Waals surface area (Å²) in [5.41, 5.74) is 2.00. The van der Waals surface area contributed by atoms with Crippen LogP contribution in [0.25, 0.3) is 0 Å². The highest BCUT2D eigenvalue weighted by molar-refractivity contribution is 6.12. The minimum Gasteiger partial charge on any atom is -0.0533 e. The van der Waals surface area contributed by atoms with Crippen molar-refractivity contribution >= 4 is 10.2 Å². The highest BCUT2D eigenvalue weighted by Gasteiger charge is 2.36. The van der Waals surface area contributed by atoms with E-state index >= 15 is 0 Å². The molecule has 0 aromatic rings. The molecule has 1 unspecified atom stereocenters. The Hall–Kier alpha value is 0.217. The molecule has 14 heavy (non-hydrogen) atoms. The predicted molar refractivity (Wildman–Crippen MR) is 66.9 cm³/mol. The molecule has 2 rings (SSSR count). The van der Waals surface area contributed by atoms with E-state index in [1.165, 1.54) is 35.9 Å². The summed E-state index contributed by atoms with van der Waals surface area (Å²) in [6.07, 6.45) is 17.1. The topological polar surface area (TPSA) is 0 Å². The largest absolute Gasteiger partial charge is 0.0533 e. The molecule has 2 saturated carbocycles. The maximum Gasteiger partial charge on any atom is 0.00743 e. The summed E-state index contributed by atoms with van der Waals surface area (Å²) >= 11 is 0. The maximum absolute atomic E-state index is 1.58. The Labute approximate surface area is 92.3 Å². The van der Waals surface area contributed by atoms with Gasteiger partial charge in [-0.05, 0) is 30.2 Å². The second kappa shape index (κ2) is 4.83. The van der Waals surface area contributed by atoms with Crippen molar-refractivity contribution in [2.75, 3.05) is 0 Å². The lowest BCUT2D eigenvalue weighted by Gasteiger charge is -2.37. The average molecular weight is 210 g/mol. The molecule has 1 atom stereocenters. The van der Waals surface area contributed by atoms with E-state index in [0.29, 0.717) is 0 Å². The average Bonchev–Trinajstić information content (AvgIpc) is 2.51. The van der Waals surface area contributed by atoms with Crippen LogP contribution in [0.15, 0.2) is 0 Å². The molecule has 2 aliphatic rings. The monoisotopic (exact) mass is 210 g/mol. The molecule has 0 aliphatic heterocycles. The number of hydrogen-bond donors (Lipinski definition) is 0. The van der Waals surface area contributed by atoms with Crippen LogP contribution in [0, 0.1) is 5.41 Å². The fourth-order valence-electron chi connectivity index (χ4n) is 3.83. The molecule has 1 spiro atoms. The molecule has 0 aromatic heterocycles. The van der Waals surface area contributed by atoms with Gasteiger partial charge in [-0.3, -0.25) is 0 Å². The fraction of sp³-hybridized carbons (Fsp3) is 1.00. The summed E-state index contributed by atoms with van der Waals surface area (Å²) in [5, 5.41) is 0. The van der Waals surface area contributed by atoms with E-state index in [0.717, 1.165) is 11.0 Å². The van der Waals surface area contributed by atoms with E-state index in [4.69, 9.17) is 0 Å². The first-order valence-electron chi connectivity index (χ1n) is 6.83. The molecular weight excluding hydrogens is 184 g/mol. The Balaban J connectivity index is 2.07. The van der Waals surface area contributed by atoms with Crippen LogP contribution in [0.3, 0.4) is 0 Å². The van der Waals surface area contributed by atoms with Crippen molar-refractivity contribution in [1.82, 2.24) is 0 Å². The highest BCUT2D eigenvalue weighted by atomic mass is 28.1. The minimum atomic E-state index is 0.846. The van der Waals surface area contributed by atoms with Crippen molar-refractivity contribution in [2.45, 2.75) is 76.2 Å². The van der Waals surface area contributed by atoms with Gasteiger partial charge in [-0.2, -0.15) is 0 Å². The summed E-state index contributed by atoms with van der Waals surface area (Å²) in [4.78, 5) is 0. The first kappa shape index (κ1) is 10.7. The van der Waals surface area contributed by atoms with E-state index in [2.05, 4.69) is 0 Å². The summed E-state index contributed by atoms with van der Waals surface area (Å²) in [5.74, 6) is 0. The van der Waals surface area contributed by atoms with Gasteiger partial charge in [0.2, 0.25) is 0 Å². The molecule has 2 aliphatic carbocycles. The van der Waals surface area contributed by atoms with Crippen LogP contribution in [0.5, 0.6) is 0 Å². The molecule has 82 valence electrons. The van der Waals surface area contributed by atoms with Gasteiger partial charge in [0.05, 0.1) is 0 Å². The quantitative estimate of drug-likeness (QED) is 0.537. The molecule has 0 aromatic carbocycles. The molecule has 0 saturated heterocycles. The smallest absolute Gasteiger partial charge is 0.00743 e. The van der Waals surface area contributed by atoms with Crippen molar-refractivity contribution < 1.29 is 0 Å². The van der Waals surface area contributed by atoms with Crippen molar-refractivity contribution in [1.29, 1.82) is 0 Å². The lowest BCUT2D eigenvalue weighted by molar-refractivity contribution is 0.208. The van der Waals surface area contributed by atoms with Crippen LogP contribution < -0.4 is 0 Å². The van der Waals surface area contributed by atoms with E-state index < -0.39 is 0 Å². The van der Waals surface area contributed by atoms with Crippen LogP contribution in [0.2, 0.25) is 5.54 Å². The van der Waals surface area contributed by atoms with Crippen molar-refractivity contribution in [2.24, 2.45) is 5.41 Å². The number of hydrogen-bond acceptors (Lipinski definition) is 0. The summed E-state index contributed by atoms with van der Waals surface area (Å²) in [6.45, 7) is 0. The van der Waals surface area contributed by atoms with Crippen LogP contribution in [-0.4, -0.2) is 10.2 Å². The van der Waals surface area contributed by atoms with Gasteiger partial charge in [-0.25, -0.2) is 0 Å². The van der Waals surface area contributed by atoms with Crippen LogP contribution in [0.4, 0.5) is 0 Å². The third-order valence-corrected chi connectivity index (χ3v) is 6.76. The van der Waals surface area contributed by atoms with E-state index in [9.17, 15) is 0 Å². The molecule has 0 radical (unpaired) electrons. The van der Waals surface area contributed by atoms with Crippen LogP contribution in [0.1, 0.15) is 70.6 Å². The summed E-state index contributed by atoms with van der Waals surface area (Å²) < 4.78 is 0. The van der Waals surface area contributed by atoms with Gasteiger partial charge in [0.1, 0.15) is 0 Å². The third kappa shape index (κ3) is 2.24. The van der Waals surface area contributed by atoms with E-state index in [1.54, 1.807) is 44.9 Å². The summed E-state index contributed by atoms with van der Waals surface area (Å²) in [7, 11) is 1.46. The Morgan fingerprint density at radius 1 is 0.714 bits per heavy atom. The first-order valence-corrected chi connectivity index (χ1v) is 7.99. The standard InChI is InChI=1S/C13H26Si/c14-12-8-4-3-7-11-13(12)9-5-1-2-6-10-13/h12H,1-11H2,14H3. The normalized spacial score (nSPS) is 33.9. The second-order valence-electron chi connectivity index (χ2n) is 5.78. The maximum atomic E-state index is 1.58. The fourth-order valence-corrected chi connectivity index (χ4v) is 5.11.